The van der Waals surface area contributed by atoms with E-state index in [9.17, 15) is 4.79 Å². The lowest BCUT2D eigenvalue weighted by molar-refractivity contribution is 0.0512. The van der Waals surface area contributed by atoms with E-state index in [1.165, 1.54) is 19.3 Å². The molecule has 0 aliphatic heterocycles. The molecule has 1 aromatic rings. The van der Waals surface area contributed by atoms with E-state index in [1.807, 2.05) is 13.8 Å². The van der Waals surface area contributed by atoms with E-state index < -0.39 is 0 Å². The number of nitrogens with zero attached hydrogens (tertiary/aromatic N) is 1. The molecule has 0 bridgehead atoms. The van der Waals surface area contributed by atoms with Gasteiger partial charge in [0.15, 0.2) is 0 Å². The second-order valence-electron chi connectivity index (χ2n) is 5.42. The highest BCUT2D eigenvalue weighted by molar-refractivity contribution is 5.92. The lowest BCUT2D eigenvalue weighted by Gasteiger charge is -2.42. The molecule has 1 aromatic heterocycles. The number of carbonyl (C=O) groups is 1. The van der Waals surface area contributed by atoms with Gasteiger partial charge in [-0.1, -0.05) is 6.42 Å². The van der Waals surface area contributed by atoms with Crippen molar-refractivity contribution in [3.8, 4) is 0 Å². The summed E-state index contributed by atoms with van der Waals surface area (Å²) in [5.74, 6) is -0.0907. The monoisotopic (exact) mass is 265 g/mol. The van der Waals surface area contributed by atoms with Gasteiger partial charge in [0.05, 0.1) is 0 Å². The van der Waals surface area contributed by atoms with Crippen molar-refractivity contribution in [1.82, 2.24) is 15.5 Å². The highest BCUT2D eigenvalue weighted by atomic mass is 16.5. The number of aromatic nitrogens is 2. The summed E-state index contributed by atoms with van der Waals surface area (Å²) >= 11 is 0. The first kappa shape index (κ1) is 14.1. The molecule has 0 aromatic carbocycles. The summed E-state index contributed by atoms with van der Waals surface area (Å²) in [4.78, 5) is 11.9. The Labute approximate surface area is 114 Å². The average molecular weight is 265 g/mol. The quantitative estimate of drug-likeness (QED) is 0.741. The van der Waals surface area contributed by atoms with Crippen molar-refractivity contribution >= 4 is 5.91 Å². The molecule has 0 radical (unpaired) electrons. The van der Waals surface area contributed by atoms with E-state index in [0.717, 1.165) is 31.9 Å². The Hall–Kier alpha value is -1.36. The fourth-order valence-electron chi connectivity index (χ4n) is 2.52. The fraction of sp³-hybridized carbons (Fsp3) is 0.714. The molecule has 19 heavy (non-hydrogen) atoms. The Balaban J connectivity index is 1.81. The van der Waals surface area contributed by atoms with E-state index >= 15 is 0 Å². The van der Waals surface area contributed by atoms with Crippen LogP contribution in [-0.4, -0.2) is 35.9 Å². The predicted octanol–water partition coefficient (Wildman–Crippen LogP) is 2.04. The van der Waals surface area contributed by atoms with Gasteiger partial charge < -0.3 is 10.1 Å². The van der Waals surface area contributed by atoms with Gasteiger partial charge in [-0.15, -0.1) is 0 Å². The molecule has 5 heteroatoms. The van der Waals surface area contributed by atoms with Gasteiger partial charge in [0.1, 0.15) is 5.69 Å². The maximum Gasteiger partial charge on any atom is 0.271 e. The number of H-pyrrole nitrogens is 1. The van der Waals surface area contributed by atoms with E-state index in [-0.39, 0.29) is 11.3 Å². The van der Waals surface area contributed by atoms with Crippen LogP contribution in [0.4, 0.5) is 0 Å². The van der Waals surface area contributed by atoms with Crippen molar-refractivity contribution in [2.45, 2.75) is 39.5 Å². The van der Waals surface area contributed by atoms with Crippen molar-refractivity contribution in [2.24, 2.45) is 5.41 Å². The first-order chi connectivity index (χ1) is 9.15. The van der Waals surface area contributed by atoms with Crippen LogP contribution < -0.4 is 5.32 Å². The third kappa shape index (κ3) is 3.56. The largest absolute Gasteiger partial charge is 0.382 e. The normalized spacial score (nSPS) is 16.9. The first-order valence-electron chi connectivity index (χ1n) is 7.03. The number of aryl methyl sites for hydroxylation is 1. The Morgan fingerprint density at radius 3 is 2.89 bits per heavy atom. The molecule has 5 nitrogen and oxygen atoms in total. The van der Waals surface area contributed by atoms with Crippen molar-refractivity contribution in [3.05, 3.63) is 17.5 Å². The van der Waals surface area contributed by atoms with Gasteiger partial charge in [0.25, 0.3) is 5.91 Å². The molecule has 0 saturated heterocycles. The highest BCUT2D eigenvalue weighted by Crippen LogP contribution is 2.43. The molecule has 106 valence electrons. The van der Waals surface area contributed by atoms with E-state index in [4.69, 9.17) is 4.74 Å². The maximum absolute atomic E-state index is 11.9. The van der Waals surface area contributed by atoms with Crippen LogP contribution in [0.3, 0.4) is 0 Å². The number of nitrogens with one attached hydrogen (secondary N) is 2. The Morgan fingerprint density at radius 1 is 1.58 bits per heavy atom. The number of carbonyl (C=O) groups excluding carboxylic acids is 1. The molecule has 0 spiro atoms. The molecule has 1 heterocycles. The SMILES string of the molecule is CCOCCC1(CNC(=O)c2cc(C)[nH]n2)CCC1. The Kier molecular flexibility index (Phi) is 4.58. The van der Waals surface area contributed by atoms with Gasteiger partial charge in [-0.25, -0.2) is 0 Å². The zero-order valence-electron chi connectivity index (χ0n) is 11.8. The predicted molar refractivity (Wildman–Crippen MR) is 73.1 cm³/mol. The van der Waals surface area contributed by atoms with Crippen molar-refractivity contribution < 1.29 is 9.53 Å². The fourth-order valence-corrected chi connectivity index (χ4v) is 2.52. The van der Waals surface area contributed by atoms with Crippen LogP contribution in [0.5, 0.6) is 0 Å². The lowest BCUT2D eigenvalue weighted by atomic mass is 9.67. The molecule has 0 unspecified atom stereocenters. The van der Waals surface area contributed by atoms with Crippen LogP contribution >= 0.6 is 0 Å². The molecule has 2 rings (SSSR count). The minimum Gasteiger partial charge on any atom is -0.382 e. The molecule has 2 N–H and O–H groups in total. The number of hydrogen-bond donors (Lipinski definition) is 2. The summed E-state index contributed by atoms with van der Waals surface area (Å²) in [5, 5.41) is 9.76. The standard InChI is InChI=1S/C14H23N3O2/c1-3-19-8-7-14(5-4-6-14)10-15-13(18)12-9-11(2)16-17-12/h9H,3-8,10H2,1-2H3,(H,15,18)(H,16,17). The molecule has 1 amide bonds. The minimum atomic E-state index is -0.0907. The smallest absolute Gasteiger partial charge is 0.271 e. The Bertz CT molecular complexity index is 424. The number of hydrogen-bond acceptors (Lipinski definition) is 3. The van der Waals surface area contributed by atoms with Gasteiger partial charge in [-0.2, -0.15) is 5.10 Å². The topological polar surface area (TPSA) is 67.0 Å². The molecule has 1 saturated carbocycles. The molecular formula is C14H23N3O2. The number of rotatable bonds is 7. The third-order valence-electron chi connectivity index (χ3n) is 3.96. The van der Waals surface area contributed by atoms with Gasteiger partial charge in [-0.05, 0) is 44.6 Å². The lowest BCUT2D eigenvalue weighted by Crippen LogP contribution is -2.43. The van der Waals surface area contributed by atoms with Crippen molar-refractivity contribution in [2.75, 3.05) is 19.8 Å². The summed E-state index contributed by atoms with van der Waals surface area (Å²) in [6, 6.07) is 1.77. The number of aromatic amines is 1. The molecule has 0 atom stereocenters. The van der Waals surface area contributed by atoms with Crippen LogP contribution in [0.2, 0.25) is 0 Å². The van der Waals surface area contributed by atoms with E-state index in [0.29, 0.717) is 5.69 Å². The van der Waals surface area contributed by atoms with Gasteiger partial charge in [0.2, 0.25) is 0 Å². The average Bonchev–Trinajstić information content (AvgIpc) is 2.78. The summed E-state index contributed by atoms with van der Waals surface area (Å²) in [7, 11) is 0. The van der Waals surface area contributed by atoms with Gasteiger partial charge in [-0.3, -0.25) is 9.89 Å². The zero-order valence-corrected chi connectivity index (χ0v) is 11.8. The van der Waals surface area contributed by atoms with Crippen LogP contribution in [0.25, 0.3) is 0 Å². The summed E-state index contributed by atoms with van der Waals surface area (Å²) in [5.41, 5.74) is 1.62. The maximum atomic E-state index is 11.9. The second-order valence-corrected chi connectivity index (χ2v) is 5.42. The van der Waals surface area contributed by atoms with Crippen molar-refractivity contribution in [1.29, 1.82) is 0 Å². The zero-order chi connectivity index (χ0) is 13.7. The van der Waals surface area contributed by atoms with Crippen LogP contribution in [0, 0.1) is 12.3 Å². The van der Waals surface area contributed by atoms with Crippen LogP contribution in [0.1, 0.15) is 48.8 Å². The summed E-state index contributed by atoms with van der Waals surface area (Å²) in [6.45, 7) is 6.17. The summed E-state index contributed by atoms with van der Waals surface area (Å²) < 4.78 is 5.43. The number of amides is 1. The molecule has 1 fully saturated rings. The van der Waals surface area contributed by atoms with Crippen LogP contribution in [0.15, 0.2) is 6.07 Å². The van der Waals surface area contributed by atoms with Gasteiger partial charge in [0, 0.05) is 25.5 Å². The highest BCUT2D eigenvalue weighted by Gasteiger charge is 2.36. The minimum absolute atomic E-state index is 0.0907. The first-order valence-corrected chi connectivity index (χ1v) is 7.03. The summed E-state index contributed by atoms with van der Waals surface area (Å²) in [6.07, 6.45) is 4.64. The third-order valence-corrected chi connectivity index (χ3v) is 3.96. The van der Waals surface area contributed by atoms with E-state index in [1.54, 1.807) is 6.07 Å². The second kappa shape index (κ2) is 6.19. The Morgan fingerprint density at radius 2 is 2.37 bits per heavy atom. The van der Waals surface area contributed by atoms with Crippen molar-refractivity contribution in [3.63, 3.8) is 0 Å². The number of ether oxygens (including phenoxy) is 1. The molecular weight excluding hydrogens is 242 g/mol. The molecule has 1 aliphatic carbocycles. The van der Waals surface area contributed by atoms with Gasteiger partial charge >= 0.3 is 0 Å². The van der Waals surface area contributed by atoms with E-state index in [2.05, 4.69) is 15.5 Å². The molecule has 1 aliphatic rings. The van der Waals surface area contributed by atoms with Crippen LogP contribution in [-0.2, 0) is 4.74 Å².